The Morgan fingerprint density at radius 2 is 2.00 bits per heavy atom. The number of hydrogen-bond acceptors (Lipinski definition) is 3. The van der Waals surface area contributed by atoms with E-state index in [1.54, 1.807) is 6.07 Å². The number of benzene rings is 2. The summed E-state index contributed by atoms with van der Waals surface area (Å²) in [7, 11) is 0. The second kappa shape index (κ2) is 4.88. The van der Waals surface area contributed by atoms with Crippen LogP contribution in [-0.2, 0) is 4.79 Å². The molecule has 2 N–H and O–H groups in total. The fourth-order valence-corrected chi connectivity index (χ4v) is 2.89. The van der Waals surface area contributed by atoms with Crippen molar-refractivity contribution >= 4 is 23.4 Å². The topological polar surface area (TPSA) is 49.3 Å². The number of carbonyl (C=O) groups is 1. The van der Waals surface area contributed by atoms with Gasteiger partial charge < -0.3 is 10.4 Å². The highest BCUT2D eigenvalue weighted by molar-refractivity contribution is 7.99. The molecule has 3 nitrogen and oxygen atoms in total. The second-order valence-electron chi connectivity index (χ2n) is 4.32. The average molecular weight is 293 g/mol. The van der Waals surface area contributed by atoms with Crippen LogP contribution in [0.5, 0.6) is 0 Å². The summed E-state index contributed by atoms with van der Waals surface area (Å²) in [5.41, 5.74) is 0.596. The molecule has 1 aliphatic rings. The smallest absolute Gasteiger partial charge is 0.257 e. The largest absolute Gasteiger partial charge is 0.378 e. The van der Waals surface area contributed by atoms with Crippen LogP contribution < -0.4 is 5.32 Å². The lowest BCUT2D eigenvalue weighted by Crippen LogP contribution is -2.10. The molecule has 0 fully saturated rings. The molecule has 20 heavy (non-hydrogen) atoms. The van der Waals surface area contributed by atoms with Crippen LogP contribution >= 0.6 is 11.8 Å². The molecule has 3 rings (SSSR count). The number of nitrogens with one attached hydrogen (secondary N) is 1. The minimum Gasteiger partial charge on any atom is -0.378 e. The molecule has 0 aromatic heterocycles. The predicted molar refractivity (Wildman–Crippen MR) is 70.5 cm³/mol. The van der Waals surface area contributed by atoms with Gasteiger partial charge in [0.25, 0.3) is 5.91 Å². The van der Waals surface area contributed by atoms with E-state index in [1.165, 1.54) is 24.3 Å². The highest BCUT2D eigenvalue weighted by Gasteiger charge is 2.29. The van der Waals surface area contributed by atoms with Gasteiger partial charge in [-0.2, -0.15) is 0 Å². The Kier molecular flexibility index (Phi) is 3.19. The maximum absolute atomic E-state index is 14.0. The SMILES string of the molecule is O=C1Nc2cc(Sc3cccc(F)c3)c(F)cc2C1O. The van der Waals surface area contributed by atoms with Crippen molar-refractivity contribution in [1.29, 1.82) is 0 Å². The number of amides is 1. The first kappa shape index (κ1) is 13.1. The molecule has 1 aliphatic heterocycles. The van der Waals surface area contributed by atoms with Crippen molar-refractivity contribution in [2.24, 2.45) is 0 Å². The van der Waals surface area contributed by atoms with Crippen LogP contribution in [0.1, 0.15) is 11.7 Å². The zero-order chi connectivity index (χ0) is 14.3. The second-order valence-corrected chi connectivity index (χ2v) is 5.44. The maximum Gasteiger partial charge on any atom is 0.257 e. The van der Waals surface area contributed by atoms with Crippen molar-refractivity contribution in [2.45, 2.75) is 15.9 Å². The summed E-state index contributed by atoms with van der Waals surface area (Å²) in [6, 6.07) is 8.36. The van der Waals surface area contributed by atoms with Gasteiger partial charge in [0.15, 0.2) is 6.10 Å². The number of aliphatic hydroxyl groups excluding tert-OH is 1. The van der Waals surface area contributed by atoms with Crippen molar-refractivity contribution < 1.29 is 18.7 Å². The molecule has 1 amide bonds. The normalized spacial score (nSPS) is 16.9. The summed E-state index contributed by atoms with van der Waals surface area (Å²) in [6.45, 7) is 0. The molecule has 1 heterocycles. The summed E-state index contributed by atoms with van der Waals surface area (Å²) in [5.74, 6) is -1.54. The zero-order valence-corrected chi connectivity index (χ0v) is 10.9. The molecule has 0 aliphatic carbocycles. The van der Waals surface area contributed by atoms with E-state index in [9.17, 15) is 18.7 Å². The van der Waals surface area contributed by atoms with Gasteiger partial charge in [-0.15, -0.1) is 0 Å². The molecule has 1 unspecified atom stereocenters. The highest BCUT2D eigenvalue weighted by Crippen LogP contribution is 2.38. The van der Waals surface area contributed by atoms with Gasteiger partial charge >= 0.3 is 0 Å². The van der Waals surface area contributed by atoms with Crippen LogP contribution in [-0.4, -0.2) is 11.0 Å². The number of fused-ring (bicyclic) bond motifs is 1. The Hall–Kier alpha value is -1.92. The summed E-state index contributed by atoms with van der Waals surface area (Å²) >= 11 is 1.05. The van der Waals surface area contributed by atoms with Crippen LogP contribution in [0.4, 0.5) is 14.5 Å². The molecule has 0 saturated carbocycles. The first-order chi connectivity index (χ1) is 9.54. The number of carbonyl (C=O) groups excluding carboxylic acids is 1. The number of anilines is 1. The van der Waals surface area contributed by atoms with Crippen LogP contribution in [0.2, 0.25) is 0 Å². The third-order valence-electron chi connectivity index (χ3n) is 2.93. The van der Waals surface area contributed by atoms with E-state index in [0.717, 1.165) is 17.8 Å². The third kappa shape index (κ3) is 2.28. The van der Waals surface area contributed by atoms with Gasteiger partial charge in [0.05, 0.1) is 4.90 Å². The molecule has 102 valence electrons. The minimum atomic E-state index is -1.34. The Balaban J connectivity index is 1.96. The van der Waals surface area contributed by atoms with Crippen LogP contribution in [0, 0.1) is 11.6 Å². The van der Waals surface area contributed by atoms with E-state index in [-0.39, 0.29) is 10.5 Å². The number of rotatable bonds is 2. The number of aliphatic hydroxyl groups is 1. The monoisotopic (exact) mass is 293 g/mol. The molecule has 2 aromatic carbocycles. The number of halogens is 2. The minimum absolute atomic E-state index is 0.219. The van der Waals surface area contributed by atoms with Crippen LogP contribution in [0.15, 0.2) is 46.2 Å². The van der Waals surface area contributed by atoms with Crippen molar-refractivity contribution in [1.82, 2.24) is 0 Å². The molecular formula is C14H9F2NO2S. The Morgan fingerprint density at radius 1 is 1.20 bits per heavy atom. The average Bonchev–Trinajstić information content (AvgIpc) is 2.66. The van der Waals surface area contributed by atoms with Gasteiger partial charge in [-0.3, -0.25) is 4.79 Å². The zero-order valence-electron chi connectivity index (χ0n) is 10.1. The number of hydrogen-bond donors (Lipinski definition) is 2. The van der Waals surface area contributed by atoms with Crippen molar-refractivity contribution in [2.75, 3.05) is 5.32 Å². The van der Waals surface area contributed by atoms with Crippen LogP contribution in [0.25, 0.3) is 0 Å². The molecule has 0 spiro atoms. The standard InChI is InChI=1S/C14H9F2NO2S/c15-7-2-1-3-8(4-7)20-12-6-11-9(5-10(12)16)13(18)14(19)17-11/h1-6,13,18H,(H,17,19). The summed E-state index contributed by atoms with van der Waals surface area (Å²) in [4.78, 5) is 12.1. The molecule has 0 saturated heterocycles. The Labute approximate surface area is 117 Å². The van der Waals surface area contributed by atoms with E-state index in [0.29, 0.717) is 10.6 Å². The lowest BCUT2D eigenvalue weighted by atomic mass is 10.1. The van der Waals surface area contributed by atoms with Gasteiger partial charge in [0, 0.05) is 16.1 Å². The molecule has 0 bridgehead atoms. The molecule has 1 atom stereocenters. The molecule has 2 aromatic rings. The van der Waals surface area contributed by atoms with Crippen LogP contribution in [0.3, 0.4) is 0 Å². The van der Waals surface area contributed by atoms with Crippen molar-refractivity contribution in [3.8, 4) is 0 Å². The van der Waals surface area contributed by atoms with E-state index in [1.807, 2.05) is 0 Å². The van der Waals surface area contributed by atoms with E-state index >= 15 is 0 Å². The fraction of sp³-hybridized carbons (Fsp3) is 0.0714. The summed E-state index contributed by atoms with van der Waals surface area (Å²) in [6.07, 6.45) is -1.34. The Morgan fingerprint density at radius 3 is 2.75 bits per heavy atom. The van der Waals surface area contributed by atoms with Crippen molar-refractivity contribution in [3.05, 3.63) is 53.6 Å². The van der Waals surface area contributed by atoms with Gasteiger partial charge in [0.2, 0.25) is 0 Å². The van der Waals surface area contributed by atoms with Gasteiger partial charge in [-0.1, -0.05) is 17.8 Å². The maximum atomic E-state index is 14.0. The molecule has 0 radical (unpaired) electrons. The van der Waals surface area contributed by atoms with Gasteiger partial charge in [-0.25, -0.2) is 8.78 Å². The molecular weight excluding hydrogens is 284 g/mol. The quantitative estimate of drug-likeness (QED) is 0.894. The summed E-state index contributed by atoms with van der Waals surface area (Å²) in [5, 5.41) is 12.0. The fourth-order valence-electron chi connectivity index (χ4n) is 1.98. The van der Waals surface area contributed by atoms with E-state index in [2.05, 4.69) is 5.32 Å². The highest BCUT2D eigenvalue weighted by atomic mass is 32.2. The van der Waals surface area contributed by atoms with E-state index < -0.39 is 23.6 Å². The lowest BCUT2D eigenvalue weighted by molar-refractivity contribution is -0.123. The first-order valence-electron chi connectivity index (χ1n) is 5.80. The molecule has 6 heteroatoms. The lowest BCUT2D eigenvalue weighted by Gasteiger charge is -2.07. The third-order valence-corrected chi connectivity index (χ3v) is 3.95. The van der Waals surface area contributed by atoms with Gasteiger partial charge in [0.1, 0.15) is 11.6 Å². The summed E-state index contributed by atoms with van der Waals surface area (Å²) < 4.78 is 27.1. The van der Waals surface area contributed by atoms with Crippen molar-refractivity contribution in [3.63, 3.8) is 0 Å². The van der Waals surface area contributed by atoms with Gasteiger partial charge in [-0.05, 0) is 30.3 Å². The Bertz CT molecular complexity index is 706. The predicted octanol–water partition coefficient (Wildman–Crippen LogP) is 3.10. The first-order valence-corrected chi connectivity index (χ1v) is 6.62. The van der Waals surface area contributed by atoms with E-state index in [4.69, 9.17) is 0 Å².